The molecular weight excluding hydrogens is 467 g/mol. The van der Waals surface area contributed by atoms with Crippen molar-refractivity contribution in [3.63, 3.8) is 0 Å². The molecule has 5 rings (SSSR count). The van der Waals surface area contributed by atoms with E-state index in [0.29, 0.717) is 36.6 Å². The van der Waals surface area contributed by atoms with Gasteiger partial charge in [-0.15, -0.1) is 0 Å². The number of nitrogens with one attached hydrogen (secondary N) is 1. The summed E-state index contributed by atoms with van der Waals surface area (Å²) < 4.78 is 20.3. The Morgan fingerprint density at radius 3 is 2.70 bits per heavy atom. The van der Waals surface area contributed by atoms with Crippen molar-refractivity contribution < 1.29 is 13.9 Å². The standard InChI is InChI=1S/C30H35FN4O2/c1-18-14-24(32)17-25(29(18)31)20(3)34-28-15-19(2)33-27-5-4-23(16-26(27)28)21-6-10-35(11-7-21)30(36)22-8-12-37-13-9-22/h4-6,14-17,20,22H,7-13,32H2,1-3H3,(H,33,34)/t20-/m1/s1. The monoisotopic (exact) mass is 502 g/mol. The lowest BCUT2D eigenvalue weighted by Gasteiger charge is -2.31. The molecule has 1 fully saturated rings. The first kappa shape index (κ1) is 25.2. The molecule has 2 aromatic carbocycles. The average molecular weight is 503 g/mol. The minimum absolute atomic E-state index is 0.0860. The highest BCUT2D eigenvalue weighted by molar-refractivity contribution is 5.94. The molecule has 0 unspecified atom stereocenters. The second-order valence-corrected chi connectivity index (χ2v) is 10.3. The molecule has 0 aliphatic carbocycles. The molecule has 1 saturated heterocycles. The van der Waals surface area contributed by atoms with Crippen molar-refractivity contribution in [3.05, 3.63) is 70.7 Å². The van der Waals surface area contributed by atoms with Gasteiger partial charge in [-0.05, 0) is 87.1 Å². The molecule has 1 aromatic heterocycles. The maximum absolute atomic E-state index is 14.9. The Bertz CT molecular complexity index is 1360. The summed E-state index contributed by atoms with van der Waals surface area (Å²) in [4.78, 5) is 19.6. The third kappa shape index (κ3) is 5.32. The fourth-order valence-corrected chi connectivity index (χ4v) is 5.46. The lowest BCUT2D eigenvalue weighted by Crippen LogP contribution is -2.40. The molecule has 0 saturated carbocycles. The fourth-order valence-electron chi connectivity index (χ4n) is 5.46. The van der Waals surface area contributed by atoms with Gasteiger partial charge in [-0.3, -0.25) is 9.78 Å². The first-order valence-corrected chi connectivity index (χ1v) is 13.1. The van der Waals surface area contributed by atoms with Gasteiger partial charge in [0.05, 0.1) is 11.6 Å². The zero-order valence-corrected chi connectivity index (χ0v) is 21.8. The van der Waals surface area contributed by atoms with Crippen LogP contribution in [0.15, 0.2) is 42.5 Å². The number of nitrogen functional groups attached to an aromatic ring is 1. The third-order valence-electron chi connectivity index (χ3n) is 7.54. The molecule has 0 spiro atoms. The van der Waals surface area contributed by atoms with E-state index in [9.17, 15) is 9.18 Å². The molecule has 2 aliphatic rings. The minimum atomic E-state index is -0.283. The number of fused-ring (bicyclic) bond motifs is 1. The number of halogens is 1. The number of nitrogens with two attached hydrogens (primary N) is 1. The van der Waals surface area contributed by atoms with E-state index in [0.717, 1.165) is 53.7 Å². The minimum Gasteiger partial charge on any atom is -0.399 e. The number of ether oxygens (including phenoxy) is 1. The molecule has 0 bridgehead atoms. The Hall–Kier alpha value is -3.45. The van der Waals surface area contributed by atoms with E-state index in [1.807, 2.05) is 30.9 Å². The third-order valence-corrected chi connectivity index (χ3v) is 7.54. The predicted molar refractivity (Wildman–Crippen MR) is 147 cm³/mol. The normalized spacial score (nSPS) is 17.5. The molecule has 3 heterocycles. The lowest BCUT2D eigenvalue weighted by molar-refractivity contribution is -0.138. The van der Waals surface area contributed by atoms with E-state index in [2.05, 4.69) is 23.5 Å². The van der Waals surface area contributed by atoms with Gasteiger partial charge in [0, 0.05) is 60.2 Å². The molecule has 7 heteroatoms. The van der Waals surface area contributed by atoms with E-state index in [-0.39, 0.29) is 23.7 Å². The summed E-state index contributed by atoms with van der Waals surface area (Å²) in [5.41, 5.74) is 12.7. The topological polar surface area (TPSA) is 80.5 Å². The lowest BCUT2D eigenvalue weighted by atomic mass is 9.94. The molecule has 2 aliphatic heterocycles. The number of rotatable bonds is 5. The maximum Gasteiger partial charge on any atom is 0.226 e. The summed E-state index contributed by atoms with van der Waals surface area (Å²) in [6.07, 6.45) is 4.61. The molecule has 1 amide bonds. The van der Waals surface area contributed by atoms with Crippen molar-refractivity contribution in [3.8, 4) is 0 Å². The van der Waals surface area contributed by atoms with Gasteiger partial charge in [-0.1, -0.05) is 12.1 Å². The number of anilines is 2. The van der Waals surface area contributed by atoms with Gasteiger partial charge in [-0.25, -0.2) is 4.39 Å². The number of aromatic nitrogens is 1. The summed E-state index contributed by atoms with van der Waals surface area (Å²) in [6.45, 7) is 8.34. The Morgan fingerprint density at radius 2 is 1.97 bits per heavy atom. The van der Waals surface area contributed by atoms with Gasteiger partial charge in [0.2, 0.25) is 5.91 Å². The molecule has 37 heavy (non-hydrogen) atoms. The molecule has 1 atom stereocenters. The van der Waals surface area contributed by atoms with E-state index in [1.54, 1.807) is 19.1 Å². The highest BCUT2D eigenvalue weighted by atomic mass is 19.1. The molecular formula is C30H35FN4O2. The number of carbonyl (C=O) groups is 1. The summed E-state index contributed by atoms with van der Waals surface area (Å²) in [5, 5.41) is 4.49. The molecule has 3 N–H and O–H groups in total. The molecule has 194 valence electrons. The SMILES string of the molecule is Cc1cc(N[C@H](C)c2cc(N)cc(C)c2F)c2cc(C3=CCN(C(=O)C4CCOCC4)CC3)ccc2n1. The van der Waals surface area contributed by atoms with Gasteiger partial charge < -0.3 is 20.7 Å². The average Bonchev–Trinajstić information content (AvgIpc) is 2.90. The van der Waals surface area contributed by atoms with Crippen LogP contribution in [0.25, 0.3) is 16.5 Å². The van der Waals surface area contributed by atoms with Crippen molar-refractivity contribution in [1.82, 2.24) is 9.88 Å². The second kappa shape index (κ2) is 10.5. The number of pyridine rings is 1. The first-order valence-electron chi connectivity index (χ1n) is 13.1. The van der Waals surface area contributed by atoms with Crippen LogP contribution in [0.4, 0.5) is 15.8 Å². The van der Waals surface area contributed by atoms with Crippen LogP contribution in [-0.4, -0.2) is 42.1 Å². The quantitative estimate of drug-likeness (QED) is 0.432. The summed E-state index contributed by atoms with van der Waals surface area (Å²) >= 11 is 0. The number of hydrogen-bond acceptors (Lipinski definition) is 5. The highest BCUT2D eigenvalue weighted by Crippen LogP contribution is 2.33. The van der Waals surface area contributed by atoms with Crippen LogP contribution < -0.4 is 11.1 Å². The van der Waals surface area contributed by atoms with Crippen molar-refractivity contribution >= 4 is 33.8 Å². The number of benzene rings is 2. The Kier molecular flexibility index (Phi) is 7.15. The number of nitrogens with zero attached hydrogens (tertiary/aromatic N) is 2. The van der Waals surface area contributed by atoms with Crippen LogP contribution >= 0.6 is 0 Å². The number of aryl methyl sites for hydroxylation is 2. The van der Waals surface area contributed by atoms with Gasteiger partial charge in [-0.2, -0.15) is 0 Å². The number of hydrogen-bond donors (Lipinski definition) is 2. The zero-order chi connectivity index (χ0) is 26.1. The van der Waals surface area contributed by atoms with Gasteiger partial charge >= 0.3 is 0 Å². The van der Waals surface area contributed by atoms with Crippen LogP contribution in [-0.2, 0) is 9.53 Å². The summed E-state index contributed by atoms with van der Waals surface area (Å²) in [6, 6.07) is 11.4. The summed E-state index contributed by atoms with van der Waals surface area (Å²) in [5.74, 6) is 0.0985. The Labute approximate surface area is 217 Å². The molecule has 3 aromatic rings. The molecule has 6 nitrogen and oxygen atoms in total. The van der Waals surface area contributed by atoms with Gasteiger partial charge in [0.25, 0.3) is 0 Å². The summed E-state index contributed by atoms with van der Waals surface area (Å²) in [7, 11) is 0. The van der Waals surface area contributed by atoms with Crippen molar-refractivity contribution in [2.45, 2.75) is 46.1 Å². The van der Waals surface area contributed by atoms with Crippen LogP contribution in [0.3, 0.4) is 0 Å². The zero-order valence-electron chi connectivity index (χ0n) is 21.8. The smallest absolute Gasteiger partial charge is 0.226 e. The first-order chi connectivity index (χ1) is 17.8. The number of carbonyl (C=O) groups excluding carboxylic acids is 1. The van der Waals surface area contributed by atoms with Gasteiger partial charge in [0.1, 0.15) is 5.82 Å². The van der Waals surface area contributed by atoms with Crippen LogP contribution in [0.1, 0.15) is 54.6 Å². The van der Waals surface area contributed by atoms with E-state index < -0.39 is 0 Å². The van der Waals surface area contributed by atoms with Crippen molar-refractivity contribution in [2.75, 3.05) is 37.4 Å². The number of amides is 1. The van der Waals surface area contributed by atoms with Crippen molar-refractivity contribution in [1.29, 1.82) is 0 Å². The maximum atomic E-state index is 14.9. The largest absolute Gasteiger partial charge is 0.399 e. The van der Waals surface area contributed by atoms with E-state index in [1.165, 1.54) is 5.57 Å². The second-order valence-electron chi connectivity index (χ2n) is 10.3. The highest BCUT2D eigenvalue weighted by Gasteiger charge is 2.27. The van der Waals surface area contributed by atoms with Crippen LogP contribution in [0.2, 0.25) is 0 Å². The van der Waals surface area contributed by atoms with Crippen LogP contribution in [0, 0.1) is 25.6 Å². The fraction of sp³-hybridized carbons (Fsp3) is 0.400. The van der Waals surface area contributed by atoms with E-state index >= 15 is 0 Å². The van der Waals surface area contributed by atoms with Crippen LogP contribution in [0.5, 0.6) is 0 Å². The predicted octanol–water partition coefficient (Wildman–Crippen LogP) is 5.79. The van der Waals surface area contributed by atoms with Crippen molar-refractivity contribution in [2.24, 2.45) is 5.92 Å². The van der Waals surface area contributed by atoms with E-state index in [4.69, 9.17) is 15.5 Å². The van der Waals surface area contributed by atoms with Gasteiger partial charge in [0.15, 0.2) is 0 Å². The molecule has 0 radical (unpaired) electrons. The Balaban J connectivity index is 1.40. The Morgan fingerprint density at radius 1 is 1.19 bits per heavy atom.